The molecule has 2 amide bonds. The number of carbonyl (C=O) groups is 2. The second-order valence-electron chi connectivity index (χ2n) is 4.30. The van der Waals surface area contributed by atoms with Gasteiger partial charge < -0.3 is 4.74 Å². The molecule has 0 aliphatic carbocycles. The summed E-state index contributed by atoms with van der Waals surface area (Å²) in [5.41, 5.74) is 4.63. The van der Waals surface area contributed by atoms with Crippen LogP contribution in [0.3, 0.4) is 0 Å². The van der Waals surface area contributed by atoms with Crippen LogP contribution in [0.5, 0.6) is 5.75 Å². The highest BCUT2D eigenvalue weighted by atomic mass is 16.5. The Kier molecular flexibility index (Phi) is 5.70. The summed E-state index contributed by atoms with van der Waals surface area (Å²) >= 11 is 0. The molecule has 1 aromatic carbocycles. The number of ether oxygens (including phenoxy) is 1. The summed E-state index contributed by atoms with van der Waals surface area (Å²) < 4.78 is 5.22. The zero-order chi connectivity index (χ0) is 13.4. The topological polar surface area (TPSA) is 67.4 Å². The minimum atomic E-state index is -0.393. The molecule has 0 unspecified atom stereocenters. The normalized spacial score (nSPS) is 9.94. The van der Waals surface area contributed by atoms with Crippen LogP contribution >= 0.6 is 0 Å². The third-order valence-corrected chi connectivity index (χ3v) is 2.05. The fraction of sp³-hybridized carbons (Fsp3) is 0.385. The summed E-state index contributed by atoms with van der Waals surface area (Å²) in [4.78, 5) is 22.6. The van der Waals surface area contributed by atoms with Crippen molar-refractivity contribution < 1.29 is 14.3 Å². The van der Waals surface area contributed by atoms with Crippen LogP contribution < -0.4 is 15.6 Å². The predicted octanol–water partition coefficient (Wildman–Crippen LogP) is 1.26. The van der Waals surface area contributed by atoms with E-state index in [2.05, 4.69) is 10.9 Å². The van der Waals surface area contributed by atoms with Crippen molar-refractivity contribution >= 4 is 11.8 Å². The van der Waals surface area contributed by atoms with Gasteiger partial charge in [0, 0.05) is 6.42 Å². The zero-order valence-corrected chi connectivity index (χ0v) is 10.6. The maximum Gasteiger partial charge on any atom is 0.276 e. The number of carbonyl (C=O) groups excluding carboxylic acids is 2. The number of hydrazine groups is 1. The monoisotopic (exact) mass is 250 g/mol. The van der Waals surface area contributed by atoms with Gasteiger partial charge in [-0.3, -0.25) is 20.4 Å². The lowest BCUT2D eigenvalue weighted by atomic mass is 10.1. The van der Waals surface area contributed by atoms with E-state index in [1.54, 1.807) is 12.1 Å². The molecule has 18 heavy (non-hydrogen) atoms. The Morgan fingerprint density at radius 3 is 2.33 bits per heavy atom. The fourth-order valence-corrected chi connectivity index (χ4v) is 1.26. The van der Waals surface area contributed by atoms with Crippen molar-refractivity contribution in [2.24, 2.45) is 5.92 Å². The Bertz CT molecular complexity index is 390. The van der Waals surface area contributed by atoms with Gasteiger partial charge in [0.1, 0.15) is 5.75 Å². The average molecular weight is 250 g/mol. The van der Waals surface area contributed by atoms with Gasteiger partial charge in [-0.2, -0.15) is 0 Å². The molecular weight excluding hydrogens is 232 g/mol. The third-order valence-electron chi connectivity index (χ3n) is 2.05. The molecule has 0 fully saturated rings. The average Bonchev–Trinajstić information content (AvgIpc) is 2.34. The molecule has 5 heteroatoms. The standard InChI is InChI=1S/C13H18N2O3/c1-10(2)8-12(16)14-15-13(17)9-18-11-6-4-3-5-7-11/h3-7,10H,8-9H2,1-2H3,(H,14,16)(H,15,17). The number of benzene rings is 1. The van der Waals surface area contributed by atoms with Gasteiger partial charge >= 0.3 is 0 Å². The van der Waals surface area contributed by atoms with Gasteiger partial charge in [0.15, 0.2) is 6.61 Å². The van der Waals surface area contributed by atoms with Gasteiger partial charge in [-0.15, -0.1) is 0 Å². The Labute approximate surface area is 106 Å². The van der Waals surface area contributed by atoms with E-state index in [1.165, 1.54) is 0 Å². The molecule has 0 aromatic heterocycles. The SMILES string of the molecule is CC(C)CC(=O)NNC(=O)COc1ccccc1. The van der Waals surface area contributed by atoms with Crippen molar-refractivity contribution in [2.75, 3.05) is 6.61 Å². The first-order valence-electron chi connectivity index (χ1n) is 5.83. The first-order valence-corrected chi connectivity index (χ1v) is 5.83. The fourth-order valence-electron chi connectivity index (χ4n) is 1.26. The first-order chi connectivity index (χ1) is 8.58. The Morgan fingerprint density at radius 2 is 1.72 bits per heavy atom. The van der Waals surface area contributed by atoms with E-state index in [9.17, 15) is 9.59 Å². The summed E-state index contributed by atoms with van der Waals surface area (Å²) in [7, 11) is 0. The highest BCUT2D eigenvalue weighted by Gasteiger charge is 2.06. The molecular formula is C13H18N2O3. The summed E-state index contributed by atoms with van der Waals surface area (Å²) in [5.74, 6) is 0.262. The molecule has 0 bridgehead atoms. The van der Waals surface area contributed by atoms with Crippen LogP contribution in [-0.4, -0.2) is 18.4 Å². The molecule has 0 heterocycles. The van der Waals surface area contributed by atoms with Crippen molar-refractivity contribution in [3.8, 4) is 5.75 Å². The highest BCUT2D eigenvalue weighted by Crippen LogP contribution is 2.07. The van der Waals surface area contributed by atoms with Crippen LogP contribution in [0.2, 0.25) is 0 Å². The molecule has 0 atom stereocenters. The molecule has 0 radical (unpaired) electrons. The van der Waals surface area contributed by atoms with Crippen LogP contribution in [0.15, 0.2) is 30.3 Å². The molecule has 2 N–H and O–H groups in total. The molecule has 5 nitrogen and oxygen atoms in total. The quantitative estimate of drug-likeness (QED) is 0.773. The molecule has 0 spiro atoms. The van der Waals surface area contributed by atoms with Crippen LogP contribution in [-0.2, 0) is 9.59 Å². The van der Waals surface area contributed by atoms with Crippen molar-refractivity contribution in [3.63, 3.8) is 0 Å². The van der Waals surface area contributed by atoms with Gasteiger partial charge in [-0.1, -0.05) is 32.0 Å². The van der Waals surface area contributed by atoms with E-state index in [0.717, 1.165) is 0 Å². The minimum absolute atomic E-state index is 0.133. The number of hydrogen-bond acceptors (Lipinski definition) is 3. The number of nitrogens with one attached hydrogen (secondary N) is 2. The summed E-state index contributed by atoms with van der Waals surface area (Å²) in [5, 5.41) is 0. The lowest BCUT2D eigenvalue weighted by Crippen LogP contribution is -2.44. The molecule has 0 aliphatic rings. The molecule has 0 saturated carbocycles. The van der Waals surface area contributed by atoms with Crippen LogP contribution in [0.1, 0.15) is 20.3 Å². The van der Waals surface area contributed by atoms with Crippen molar-refractivity contribution in [1.29, 1.82) is 0 Å². The molecule has 0 saturated heterocycles. The van der Waals surface area contributed by atoms with Crippen molar-refractivity contribution in [3.05, 3.63) is 30.3 Å². The molecule has 1 aromatic rings. The lowest BCUT2D eigenvalue weighted by Gasteiger charge is -2.09. The van der Waals surface area contributed by atoms with Crippen LogP contribution in [0, 0.1) is 5.92 Å². The smallest absolute Gasteiger partial charge is 0.276 e. The Hall–Kier alpha value is -2.04. The maximum atomic E-state index is 11.4. The van der Waals surface area contributed by atoms with E-state index in [4.69, 9.17) is 4.74 Å². The minimum Gasteiger partial charge on any atom is -0.484 e. The highest BCUT2D eigenvalue weighted by molar-refractivity contribution is 5.82. The van der Waals surface area contributed by atoms with Gasteiger partial charge in [-0.05, 0) is 18.1 Å². The van der Waals surface area contributed by atoms with Gasteiger partial charge in [-0.25, -0.2) is 0 Å². The number of hydrogen-bond donors (Lipinski definition) is 2. The van der Waals surface area contributed by atoms with Gasteiger partial charge in [0.05, 0.1) is 0 Å². The summed E-state index contributed by atoms with van der Waals surface area (Å²) in [6.07, 6.45) is 0.375. The number of rotatable bonds is 5. The van der Waals surface area contributed by atoms with Gasteiger partial charge in [0.2, 0.25) is 5.91 Å². The Balaban J connectivity index is 2.20. The Morgan fingerprint density at radius 1 is 1.11 bits per heavy atom. The first kappa shape index (κ1) is 14.0. The van der Waals surface area contributed by atoms with E-state index in [-0.39, 0.29) is 18.4 Å². The predicted molar refractivity (Wildman–Crippen MR) is 67.7 cm³/mol. The number of para-hydroxylation sites is 1. The molecule has 0 aliphatic heterocycles. The second kappa shape index (κ2) is 7.32. The van der Waals surface area contributed by atoms with E-state index < -0.39 is 5.91 Å². The van der Waals surface area contributed by atoms with E-state index in [0.29, 0.717) is 12.2 Å². The third kappa shape index (κ3) is 5.89. The van der Waals surface area contributed by atoms with Crippen LogP contribution in [0.4, 0.5) is 0 Å². The zero-order valence-electron chi connectivity index (χ0n) is 10.6. The lowest BCUT2D eigenvalue weighted by molar-refractivity contribution is -0.130. The van der Waals surface area contributed by atoms with E-state index >= 15 is 0 Å². The molecule has 98 valence electrons. The molecule has 1 rings (SSSR count). The van der Waals surface area contributed by atoms with Crippen molar-refractivity contribution in [2.45, 2.75) is 20.3 Å². The van der Waals surface area contributed by atoms with Gasteiger partial charge in [0.25, 0.3) is 5.91 Å². The maximum absolute atomic E-state index is 11.4. The summed E-state index contributed by atoms with van der Waals surface area (Å²) in [6, 6.07) is 9.00. The van der Waals surface area contributed by atoms with E-state index in [1.807, 2.05) is 32.0 Å². The largest absolute Gasteiger partial charge is 0.484 e. The van der Waals surface area contributed by atoms with Crippen molar-refractivity contribution in [1.82, 2.24) is 10.9 Å². The number of amides is 2. The van der Waals surface area contributed by atoms with Crippen LogP contribution in [0.25, 0.3) is 0 Å². The second-order valence-corrected chi connectivity index (χ2v) is 4.30. The summed E-state index contributed by atoms with van der Waals surface area (Å²) in [6.45, 7) is 3.73.